The standard InChI is InChI=1S/C18H19ClI2O4/c1-3-5-13(20)14(21)9-24-16-8-15(25-10(2)22)17-11(18(16)23)6-4-7-12(17)19/h4,6-8,13-14,23H,3,5,9H2,1-2H3. The van der Waals surface area contributed by atoms with Crippen LogP contribution in [-0.4, -0.2) is 25.5 Å². The molecule has 0 radical (unpaired) electrons. The summed E-state index contributed by atoms with van der Waals surface area (Å²) in [7, 11) is 0. The Morgan fingerprint density at radius 1 is 1.28 bits per heavy atom. The Labute approximate surface area is 179 Å². The topological polar surface area (TPSA) is 55.8 Å². The van der Waals surface area contributed by atoms with E-state index in [0.29, 0.717) is 30.3 Å². The van der Waals surface area contributed by atoms with Gasteiger partial charge >= 0.3 is 5.97 Å². The van der Waals surface area contributed by atoms with E-state index in [4.69, 9.17) is 21.1 Å². The van der Waals surface area contributed by atoms with E-state index in [1.165, 1.54) is 13.0 Å². The molecule has 0 aliphatic heterocycles. The van der Waals surface area contributed by atoms with Crippen LogP contribution in [0.5, 0.6) is 17.2 Å². The van der Waals surface area contributed by atoms with Crippen molar-refractivity contribution in [1.29, 1.82) is 0 Å². The van der Waals surface area contributed by atoms with E-state index in [1.54, 1.807) is 18.2 Å². The van der Waals surface area contributed by atoms with E-state index in [2.05, 4.69) is 52.1 Å². The Morgan fingerprint density at radius 3 is 2.64 bits per heavy atom. The second kappa shape index (κ2) is 9.45. The van der Waals surface area contributed by atoms with E-state index in [0.717, 1.165) is 12.8 Å². The van der Waals surface area contributed by atoms with Crippen molar-refractivity contribution in [1.82, 2.24) is 0 Å². The Hall–Kier alpha value is -0.480. The fourth-order valence-electron chi connectivity index (χ4n) is 2.44. The summed E-state index contributed by atoms with van der Waals surface area (Å²) in [5.41, 5.74) is 0. The fraction of sp³-hybridized carbons (Fsp3) is 0.389. The number of rotatable bonds is 7. The van der Waals surface area contributed by atoms with Gasteiger partial charge in [0.25, 0.3) is 0 Å². The van der Waals surface area contributed by atoms with Gasteiger partial charge in [0, 0.05) is 27.7 Å². The third-order valence-corrected chi connectivity index (χ3v) is 8.03. The quantitative estimate of drug-likeness (QED) is 0.189. The van der Waals surface area contributed by atoms with Crippen molar-refractivity contribution >= 4 is 73.5 Å². The zero-order valence-electron chi connectivity index (χ0n) is 13.9. The van der Waals surface area contributed by atoms with Gasteiger partial charge < -0.3 is 14.6 Å². The van der Waals surface area contributed by atoms with Crippen LogP contribution in [0.25, 0.3) is 10.8 Å². The highest BCUT2D eigenvalue weighted by Crippen LogP contribution is 2.44. The third-order valence-electron chi connectivity index (χ3n) is 3.62. The Balaban J connectivity index is 2.37. The van der Waals surface area contributed by atoms with Crippen molar-refractivity contribution in [2.24, 2.45) is 0 Å². The highest BCUT2D eigenvalue weighted by atomic mass is 127. The molecule has 2 aromatic rings. The van der Waals surface area contributed by atoms with Crippen molar-refractivity contribution in [2.45, 2.75) is 34.5 Å². The first-order valence-electron chi connectivity index (χ1n) is 7.88. The third kappa shape index (κ3) is 5.26. The number of benzene rings is 2. The molecule has 136 valence electrons. The second-order valence-electron chi connectivity index (χ2n) is 5.61. The van der Waals surface area contributed by atoms with Gasteiger partial charge in [-0.05, 0) is 12.5 Å². The van der Waals surface area contributed by atoms with Crippen molar-refractivity contribution in [3.8, 4) is 17.2 Å². The lowest BCUT2D eigenvalue weighted by Gasteiger charge is -2.19. The number of hydrogen-bond donors (Lipinski definition) is 1. The molecule has 2 rings (SSSR count). The van der Waals surface area contributed by atoms with Crippen LogP contribution in [0.4, 0.5) is 0 Å². The summed E-state index contributed by atoms with van der Waals surface area (Å²) in [5.74, 6) is 0.107. The van der Waals surface area contributed by atoms with E-state index >= 15 is 0 Å². The number of phenols is 1. The average Bonchev–Trinajstić information content (AvgIpc) is 2.55. The van der Waals surface area contributed by atoms with Gasteiger partial charge in [0.05, 0.1) is 8.95 Å². The van der Waals surface area contributed by atoms with Crippen LogP contribution >= 0.6 is 56.8 Å². The van der Waals surface area contributed by atoms with Crippen molar-refractivity contribution in [3.05, 3.63) is 29.3 Å². The molecule has 0 saturated carbocycles. The fourth-order valence-corrected chi connectivity index (χ4v) is 4.08. The number of halogens is 3. The molecule has 0 spiro atoms. The summed E-state index contributed by atoms with van der Waals surface area (Å²) in [5, 5.41) is 11.9. The Kier molecular flexibility index (Phi) is 7.88. The molecule has 0 aromatic heterocycles. The highest BCUT2D eigenvalue weighted by Gasteiger charge is 2.20. The van der Waals surface area contributed by atoms with Crippen molar-refractivity contribution in [3.63, 3.8) is 0 Å². The number of phenolic OH excluding ortho intramolecular Hbond substituents is 1. The zero-order valence-corrected chi connectivity index (χ0v) is 19.0. The molecule has 2 unspecified atom stereocenters. The molecule has 7 heteroatoms. The van der Waals surface area contributed by atoms with Crippen LogP contribution in [-0.2, 0) is 4.79 Å². The summed E-state index contributed by atoms with van der Waals surface area (Å²) >= 11 is 11.0. The molecule has 0 amide bonds. The lowest BCUT2D eigenvalue weighted by atomic mass is 10.1. The number of fused-ring (bicyclic) bond motifs is 1. The van der Waals surface area contributed by atoms with Gasteiger partial charge in [-0.1, -0.05) is 82.3 Å². The molecule has 1 N–H and O–H groups in total. The number of carbonyl (C=O) groups excluding carboxylic acids is 1. The summed E-state index contributed by atoms with van der Waals surface area (Å²) in [6, 6.07) is 6.66. The van der Waals surface area contributed by atoms with Crippen LogP contribution in [0.1, 0.15) is 26.7 Å². The first-order chi connectivity index (χ1) is 11.8. The van der Waals surface area contributed by atoms with Gasteiger partial charge in [-0.15, -0.1) is 0 Å². The first-order valence-corrected chi connectivity index (χ1v) is 10.8. The predicted molar refractivity (Wildman–Crippen MR) is 118 cm³/mol. The molecular weight excluding hydrogens is 569 g/mol. The van der Waals surface area contributed by atoms with Gasteiger partial charge in [-0.25, -0.2) is 0 Å². The molecule has 0 fully saturated rings. The van der Waals surface area contributed by atoms with E-state index < -0.39 is 5.97 Å². The van der Waals surface area contributed by atoms with Gasteiger partial charge in [0.1, 0.15) is 12.4 Å². The van der Waals surface area contributed by atoms with Crippen LogP contribution in [0, 0.1) is 0 Å². The van der Waals surface area contributed by atoms with E-state index in [9.17, 15) is 9.90 Å². The SMILES string of the molecule is CCCC(I)C(I)COc1cc(OC(C)=O)c2c(Cl)cccc2c1O. The first kappa shape index (κ1) is 20.8. The molecule has 25 heavy (non-hydrogen) atoms. The number of carbonyl (C=O) groups is 1. The molecule has 0 bridgehead atoms. The minimum Gasteiger partial charge on any atom is -0.504 e. The molecular formula is C18H19ClI2O4. The maximum atomic E-state index is 11.4. The number of hydrogen-bond acceptors (Lipinski definition) is 4. The molecule has 0 saturated heterocycles. The van der Waals surface area contributed by atoms with Gasteiger partial charge in [0.15, 0.2) is 11.5 Å². The summed E-state index contributed by atoms with van der Waals surface area (Å²) in [6.45, 7) is 3.93. The van der Waals surface area contributed by atoms with Crippen molar-refractivity contribution < 1.29 is 19.4 Å². The maximum absolute atomic E-state index is 11.4. The normalized spacial score (nSPS) is 13.5. The minimum atomic E-state index is -0.458. The second-order valence-corrected chi connectivity index (χ2v) is 9.22. The number of esters is 1. The summed E-state index contributed by atoms with van der Waals surface area (Å²) in [4.78, 5) is 11.4. The monoisotopic (exact) mass is 588 g/mol. The number of alkyl halides is 2. The van der Waals surface area contributed by atoms with Crippen LogP contribution in [0.15, 0.2) is 24.3 Å². The van der Waals surface area contributed by atoms with Crippen LogP contribution in [0.3, 0.4) is 0 Å². The minimum absolute atomic E-state index is 0.00231. The lowest BCUT2D eigenvalue weighted by Crippen LogP contribution is -2.21. The van der Waals surface area contributed by atoms with Gasteiger partial charge in [-0.2, -0.15) is 0 Å². The Morgan fingerprint density at radius 2 is 2.00 bits per heavy atom. The maximum Gasteiger partial charge on any atom is 0.308 e. The van der Waals surface area contributed by atoms with Crippen molar-refractivity contribution in [2.75, 3.05) is 6.61 Å². The molecule has 0 aliphatic rings. The van der Waals surface area contributed by atoms with E-state index in [1.807, 2.05) is 0 Å². The zero-order chi connectivity index (χ0) is 18.6. The Bertz CT molecular complexity index is 766. The van der Waals surface area contributed by atoms with Gasteiger partial charge in [-0.3, -0.25) is 4.79 Å². The average molecular weight is 589 g/mol. The number of aromatic hydroxyl groups is 1. The highest BCUT2D eigenvalue weighted by molar-refractivity contribution is 14.1. The summed E-state index contributed by atoms with van der Waals surface area (Å²) in [6.07, 6.45) is 2.22. The van der Waals surface area contributed by atoms with Crippen LogP contribution < -0.4 is 9.47 Å². The predicted octanol–water partition coefficient (Wildman–Crippen LogP) is 5.91. The molecule has 0 aliphatic carbocycles. The summed E-state index contributed by atoms with van der Waals surface area (Å²) < 4.78 is 11.9. The lowest BCUT2D eigenvalue weighted by molar-refractivity contribution is -0.131. The smallest absolute Gasteiger partial charge is 0.308 e. The largest absolute Gasteiger partial charge is 0.504 e. The van der Waals surface area contributed by atoms with Gasteiger partial charge in [0.2, 0.25) is 0 Å². The molecule has 0 heterocycles. The molecule has 2 atom stereocenters. The van der Waals surface area contributed by atoms with Crippen LogP contribution in [0.2, 0.25) is 5.02 Å². The van der Waals surface area contributed by atoms with E-state index in [-0.39, 0.29) is 17.2 Å². The number of ether oxygens (including phenoxy) is 2. The molecule has 4 nitrogen and oxygen atoms in total. The molecule has 2 aromatic carbocycles.